The molecule has 6 nitrogen and oxygen atoms in total. The average molecular weight is 304 g/mol. The van der Waals surface area contributed by atoms with Crippen molar-refractivity contribution in [2.24, 2.45) is 5.92 Å². The van der Waals surface area contributed by atoms with Crippen molar-refractivity contribution in [2.75, 3.05) is 19.6 Å². The molecule has 0 aromatic heterocycles. The maximum atomic E-state index is 12.1. The Balaban J connectivity index is 1.88. The average Bonchev–Trinajstić information content (AvgIpc) is 2.93. The molecule has 2 rings (SSSR count). The summed E-state index contributed by atoms with van der Waals surface area (Å²) in [4.78, 5) is 36.4. The van der Waals surface area contributed by atoms with Gasteiger partial charge in [0.15, 0.2) is 0 Å². The molecule has 2 N–H and O–H groups in total. The molecule has 22 heavy (non-hydrogen) atoms. The van der Waals surface area contributed by atoms with Crippen LogP contribution in [0.4, 0.5) is 0 Å². The molecule has 1 atom stereocenters. The first-order valence-electron chi connectivity index (χ1n) is 7.24. The summed E-state index contributed by atoms with van der Waals surface area (Å²) in [5.41, 5.74) is 2.50. The lowest BCUT2D eigenvalue weighted by Gasteiger charge is -2.16. The first-order valence-corrected chi connectivity index (χ1v) is 7.24. The quantitative estimate of drug-likeness (QED) is 0.867. The number of likely N-dealkylation sites (tertiary alicyclic amines) is 1. The Morgan fingerprint density at radius 3 is 2.41 bits per heavy atom. The van der Waals surface area contributed by atoms with Crippen molar-refractivity contribution in [1.82, 2.24) is 10.2 Å². The van der Waals surface area contributed by atoms with Gasteiger partial charge in [-0.15, -0.1) is 0 Å². The molecule has 1 aromatic carbocycles. The van der Waals surface area contributed by atoms with Crippen LogP contribution in [-0.4, -0.2) is 47.4 Å². The van der Waals surface area contributed by atoms with E-state index >= 15 is 0 Å². The van der Waals surface area contributed by atoms with Gasteiger partial charge in [0.05, 0.1) is 12.5 Å². The van der Waals surface area contributed by atoms with Crippen LogP contribution in [0.1, 0.15) is 27.9 Å². The van der Waals surface area contributed by atoms with Crippen LogP contribution in [0.3, 0.4) is 0 Å². The zero-order valence-corrected chi connectivity index (χ0v) is 12.8. The topological polar surface area (TPSA) is 86.7 Å². The predicted molar refractivity (Wildman–Crippen MR) is 80.6 cm³/mol. The third kappa shape index (κ3) is 3.84. The number of carbonyl (C=O) groups excluding carboxylic acids is 2. The molecular formula is C16H20N2O4. The fourth-order valence-electron chi connectivity index (χ4n) is 2.66. The van der Waals surface area contributed by atoms with Crippen molar-refractivity contribution in [3.63, 3.8) is 0 Å². The Kier molecular flexibility index (Phi) is 4.80. The number of carboxylic acid groups (broad SMARTS) is 1. The highest BCUT2D eigenvalue weighted by atomic mass is 16.4. The van der Waals surface area contributed by atoms with Crippen LogP contribution in [0, 0.1) is 19.8 Å². The molecule has 2 amide bonds. The minimum Gasteiger partial charge on any atom is -0.481 e. The van der Waals surface area contributed by atoms with Crippen LogP contribution in [0.5, 0.6) is 0 Å². The zero-order chi connectivity index (χ0) is 16.3. The molecule has 1 aromatic rings. The number of carbonyl (C=O) groups is 3. The Hall–Kier alpha value is -2.37. The van der Waals surface area contributed by atoms with Gasteiger partial charge in [0.2, 0.25) is 5.91 Å². The SMILES string of the molecule is Cc1cc(C)cc(C(=O)NCC(=O)N2CCC(C(=O)O)C2)c1. The van der Waals surface area contributed by atoms with E-state index < -0.39 is 11.9 Å². The molecule has 1 unspecified atom stereocenters. The summed E-state index contributed by atoms with van der Waals surface area (Å²) in [7, 11) is 0. The second-order valence-electron chi connectivity index (χ2n) is 5.72. The second kappa shape index (κ2) is 6.60. The number of nitrogens with zero attached hydrogens (tertiary/aromatic N) is 1. The molecule has 1 saturated heterocycles. The Morgan fingerprint density at radius 2 is 1.86 bits per heavy atom. The van der Waals surface area contributed by atoms with Crippen molar-refractivity contribution < 1.29 is 19.5 Å². The summed E-state index contributed by atoms with van der Waals surface area (Å²) >= 11 is 0. The maximum Gasteiger partial charge on any atom is 0.308 e. The lowest BCUT2D eigenvalue weighted by molar-refractivity contribution is -0.141. The molecule has 0 aliphatic carbocycles. The zero-order valence-electron chi connectivity index (χ0n) is 12.8. The number of hydrogen-bond donors (Lipinski definition) is 2. The highest BCUT2D eigenvalue weighted by Gasteiger charge is 2.30. The molecule has 1 aliphatic heterocycles. The summed E-state index contributed by atoms with van der Waals surface area (Å²) in [5, 5.41) is 11.5. The number of nitrogens with one attached hydrogen (secondary N) is 1. The van der Waals surface area contributed by atoms with Crippen molar-refractivity contribution in [2.45, 2.75) is 20.3 Å². The number of aryl methyl sites for hydroxylation is 2. The summed E-state index contributed by atoms with van der Waals surface area (Å²) in [6.45, 7) is 4.34. The van der Waals surface area contributed by atoms with E-state index in [0.717, 1.165) is 11.1 Å². The number of hydrogen-bond acceptors (Lipinski definition) is 3. The highest BCUT2D eigenvalue weighted by molar-refractivity contribution is 5.96. The summed E-state index contributed by atoms with van der Waals surface area (Å²) in [6, 6.07) is 5.50. The van der Waals surface area contributed by atoms with E-state index in [9.17, 15) is 14.4 Å². The number of benzene rings is 1. The Morgan fingerprint density at radius 1 is 1.23 bits per heavy atom. The van der Waals surface area contributed by atoms with E-state index in [1.807, 2.05) is 19.9 Å². The highest BCUT2D eigenvalue weighted by Crippen LogP contribution is 2.16. The van der Waals surface area contributed by atoms with Gasteiger partial charge in [0.25, 0.3) is 5.91 Å². The third-order valence-corrected chi connectivity index (χ3v) is 3.77. The van der Waals surface area contributed by atoms with Crippen LogP contribution in [-0.2, 0) is 9.59 Å². The van der Waals surface area contributed by atoms with Gasteiger partial charge < -0.3 is 15.3 Å². The fourth-order valence-corrected chi connectivity index (χ4v) is 2.66. The van der Waals surface area contributed by atoms with E-state index in [1.165, 1.54) is 4.90 Å². The Bertz CT molecular complexity index is 592. The smallest absolute Gasteiger partial charge is 0.308 e. The van der Waals surface area contributed by atoms with Crippen LogP contribution in [0.25, 0.3) is 0 Å². The van der Waals surface area contributed by atoms with Gasteiger partial charge in [-0.05, 0) is 32.4 Å². The fraction of sp³-hybridized carbons (Fsp3) is 0.438. The van der Waals surface area contributed by atoms with E-state index in [2.05, 4.69) is 5.32 Å². The standard InChI is InChI=1S/C16H20N2O4/c1-10-5-11(2)7-13(6-10)15(20)17-8-14(19)18-4-3-12(9-18)16(21)22/h5-7,12H,3-4,8-9H2,1-2H3,(H,17,20)(H,21,22). The van der Waals surface area contributed by atoms with Crippen molar-refractivity contribution >= 4 is 17.8 Å². The van der Waals surface area contributed by atoms with E-state index in [4.69, 9.17) is 5.11 Å². The Labute approximate surface area is 129 Å². The van der Waals surface area contributed by atoms with Crippen molar-refractivity contribution in [1.29, 1.82) is 0 Å². The second-order valence-corrected chi connectivity index (χ2v) is 5.72. The van der Waals surface area contributed by atoms with E-state index in [1.54, 1.807) is 12.1 Å². The largest absolute Gasteiger partial charge is 0.481 e. The molecule has 1 aliphatic rings. The van der Waals surface area contributed by atoms with Gasteiger partial charge in [-0.25, -0.2) is 0 Å². The summed E-state index contributed by atoms with van der Waals surface area (Å²) in [5.74, 6) is -1.93. The van der Waals surface area contributed by atoms with Crippen molar-refractivity contribution in [3.8, 4) is 0 Å². The number of aliphatic carboxylic acids is 1. The minimum atomic E-state index is -0.880. The number of carboxylic acids is 1. The molecular weight excluding hydrogens is 284 g/mol. The molecule has 0 bridgehead atoms. The summed E-state index contributed by atoms with van der Waals surface area (Å²) in [6.07, 6.45) is 0.464. The first-order chi connectivity index (χ1) is 10.4. The first kappa shape index (κ1) is 16.0. The third-order valence-electron chi connectivity index (χ3n) is 3.77. The molecule has 6 heteroatoms. The van der Waals surface area contributed by atoms with E-state index in [-0.39, 0.29) is 24.9 Å². The van der Waals surface area contributed by atoms with Gasteiger partial charge in [-0.3, -0.25) is 14.4 Å². The minimum absolute atomic E-state index is 0.113. The normalized spacial score (nSPS) is 17.4. The lowest BCUT2D eigenvalue weighted by Crippen LogP contribution is -2.39. The predicted octanol–water partition coefficient (Wildman–Crippen LogP) is 0.966. The van der Waals surface area contributed by atoms with Gasteiger partial charge >= 0.3 is 5.97 Å². The van der Waals surface area contributed by atoms with Crippen LogP contribution in [0.2, 0.25) is 0 Å². The van der Waals surface area contributed by atoms with Crippen LogP contribution < -0.4 is 5.32 Å². The van der Waals surface area contributed by atoms with Gasteiger partial charge in [0, 0.05) is 18.7 Å². The van der Waals surface area contributed by atoms with E-state index in [0.29, 0.717) is 18.5 Å². The van der Waals surface area contributed by atoms with Crippen LogP contribution >= 0.6 is 0 Å². The molecule has 1 fully saturated rings. The molecule has 118 valence electrons. The maximum absolute atomic E-state index is 12.1. The summed E-state index contributed by atoms with van der Waals surface area (Å²) < 4.78 is 0. The molecule has 1 heterocycles. The molecule has 0 saturated carbocycles. The van der Waals surface area contributed by atoms with Gasteiger partial charge in [0.1, 0.15) is 0 Å². The lowest BCUT2D eigenvalue weighted by atomic mass is 10.1. The molecule has 0 spiro atoms. The van der Waals surface area contributed by atoms with Gasteiger partial charge in [-0.1, -0.05) is 17.2 Å². The molecule has 0 radical (unpaired) electrons. The van der Waals surface area contributed by atoms with Gasteiger partial charge in [-0.2, -0.15) is 0 Å². The van der Waals surface area contributed by atoms with Crippen LogP contribution in [0.15, 0.2) is 18.2 Å². The number of rotatable bonds is 4. The monoisotopic (exact) mass is 304 g/mol. The number of amides is 2. The van der Waals surface area contributed by atoms with Crippen molar-refractivity contribution in [3.05, 3.63) is 34.9 Å².